The molecule has 0 amide bonds. The predicted molar refractivity (Wildman–Crippen MR) is 43.8 cm³/mol. The van der Waals surface area contributed by atoms with Crippen molar-refractivity contribution in [2.75, 3.05) is 0 Å². The summed E-state index contributed by atoms with van der Waals surface area (Å²) in [6, 6.07) is 0. The van der Waals surface area contributed by atoms with Gasteiger partial charge >= 0.3 is 0 Å². The lowest BCUT2D eigenvalue weighted by Crippen LogP contribution is -2.14. The minimum Gasteiger partial charge on any atom is -0.380 e. The number of aliphatic hydroxyl groups excluding tert-OH is 1. The molecule has 0 rings (SSSR count). The van der Waals surface area contributed by atoms with Crippen LogP contribution in [0, 0.1) is 17.8 Å². The molecule has 64 valence electrons. The van der Waals surface area contributed by atoms with Crippen LogP contribution < -0.4 is 0 Å². The lowest BCUT2D eigenvalue weighted by Gasteiger charge is -2.07. The van der Waals surface area contributed by atoms with E-state index in [2.05, 4.69) is 11.8 Å². The third-order valence-corrected chi connectivity index (χ3v) is 1.15. The van der Waals surface area contributed by atoms with Gasteiger partial charge in [-0.15, -0.1) is 0 Å². The summed E-state index contributed by atoms with van der Waals surface area (Å²) in [5, 5.41) is 9.15. The summed E-state index contributed by atoms with van der Waals surface area (Å²) in [7, 11) is 0. The average molecular weight is 158 g/mol. The fraction of sp³-hybridized carbons (Fsp3) is 0.778. The van der Waals surface area contributed by atoms with Crippen molar-refractivity contribution in [3.8, 4) is 11.8 Å². The Balaban J connectivity index is 4.08. The van der Waals surface area contributed by atoms with E-state index in [1.165, 1.54) is 13.8 Å². The molecule has 0 aliphatic rings. The summed E-state index contributed by atoms with van der Waals surface area (Å²) in [6.45, 7) is 6.41. The Hall–Kier alpha value is -0.550. The summed E-state index contributed by atoms with van der Waals surface area (Å²) in [4.78, 5) is 0. The molecule has 1 N–H and O–H groups in total. The van der Waals surface area contributed by atoms with Crippen LogP contribution in [0.5, 0.6) is 0 Å². The molecule has 0 spiro atoms. The van der Waals surface area contributed by atoms with Gasteiger partial charge in [-0.1, -0.05) is 25.7 Å². The van der Waals surface area contributed by atoms with Crippen LogP contribution in [0.3, 0.4) is 0 Å². The Morgan fingerprint density at radius 2 is 1.82 bits per heavy atom. The van der Waals surface area contributed by atoms with Gasteiger partial charge in [0.1, 0.15) is 6.10 Å². The van der Waals surface area contributed by atoms with Gasteiger partial charge in [0.05, 0.1) is 0 Å². The topological polar surface area (TPSA) is 20.2 Å². The molecule has 0 aliphatic carbocycles. The van der Waals surface area contributed by atoms with Gasteiger partial charge in [0, 0.05) is 0 Å². The molecular weight excluding hydrogens is 143 g/mol. The number of aliphatic hydroxyl groups is 1. The molecule has 0 fully saturated rings. The normalized spacial score (nSPS) is 14.1. The van der Waals surface area contributed by atoms with E-state index in [-0.39, 0.29) is 5.92 Å². The minimum absolute atomic E-state index is 0.0600. The second-order valence-electron chi connectivity index (χ2n) is 3.43. The molecule has 1 unspecified atom stereocenters. The van der Waals surface area contributed by atoms with E-state index in [1.54, 1.807) is 0 Å². The van der Waals surface area contributed by atoms with E-state index >= 15 is 0 Å². The maximum Gasteiger partial charge on any atom is 0.165 e. The first-order valence-electron chi connectivity index (χ1n) is 3.72. The molecular formula is C9H15FO. The molecule has 0 radical (unpaired) electrons. The van der Waals surface area contributed by atoms with Crippen molar-refractivity contribution in [1.29, 1.82) is 0 Å². The highest BCUT2D eigenvalue weighted by atomic mass is 19.1. The van der Waals surface area contributed by atoms with Gasteiger partial charge in [-0.05, 0) is 19.8 Å². The Morgan fingerprint density at radius 1 is 1.36 bits per heavy atom. The van der Waals surface area contributed by atoms with Crippen LogP contribution in [0.4, 0.5) is 4.39 Å². The summed E-state index contributed by atoms with van der Waals surface area (Å²) in [5.41, 5.74) is -1.50. The molecule has 2 heteroatoms. The molecule has 1 nitrogen and oxygen atoms in total. The van der Waals surface area contributed by atoms with E-state index in [0.29, 0.717) is 0 Å². The van der Waals surface area contributed by atoms with Crippen LogP contribution in [0.2, 0.25) is 0 Å². The predicted octanol–water partition coefficient (Wildman–Crippen LogP) is 1.75. The standard InChI is InChI=1S/C9H15FO/c1-7(2)8(11)5-6-9(3,4)10/h7-8,11H,1-4H3. The Bertz CT molecular complexity index is 168. The van der Waals surface area contributed by atoms with E-state index < -0.39 is 11.8 Å². The van der Waals surface area contributed by atoms with Crippen LogP contribution in [0.15, 0.2) is 0 Å². The Kier molecular flexibility index (Phi) is 3.54. The highest BCUT2D eigenvalue weighted by Gasteiger charge is 2.11. The van der Waals surface area contributed by atoms with E-state index in [9.17, 15) is 4.39 Å². The van der Waals surface area contributed by atoms with Gasteiger partial charge in [0.15, 0.2) is 5.67 Å². The summed E-state index contributed by atoms with van der Waals surface area (Å²) in [5.74, 6) is 4.85. The molecule has 0 saturated heterocycles. The number of hydrogen-bond acceptors (Lipinski definition) is 1. The SMILES string of the molecule is CC(C)C(O)C#CC(C)(C)F. The number of hydrogen-bond donors (Lipinski definition) is 1. The Morgan fingerprint density at radius 3 is 2.09 bits per heavy atom. The highest BCUT2D eigenvalue weighted by Crippen LogP contribution is 2.06. The summed E-state index contributed by atoms with van der Waals surface area (Å²) >= 11 is 0. The smallest absolute Gasteiger partial charge is 0.165 e. The molecule has 0 aromatic carbocycles. The largest absolute Gasteiger partial charge is 0.380 e. The second kappa shape index (κ2) is 3.73. The van der Waals surface area contributed by atoms with Crippen LogP contribution in [0.25, 0.3) is 0 Å². The van der Waals surface area contributed by atoms with Crippen LogP contribution >= 0.6 is 0 Å². The second-order valence-corrected chi connectivity index (χ2v) is 3.43. The summed E-state index contributed by atoms with van der Waals surface area (Å²) < 4.78 is 12.7. The molecule has 0 aromatic rings. The van der Waals surface area contributed by atoms with Gasteiger partial charge in [-0.2, -0.15) is 0 Å². The zero-order valence-electron chi connectivity index (χ0n) is 7.48. The first-order valence-corrected chi connectivity index (χ1v) is 3.72. The van der Waals surface area contributed by atoms with Crippen molar-refractivity contribution in [1.82, 2.24) is 0 Å². The zero-order chi connectivity index (χ0) is 9.07. The summed E-state index contributed by atoms with van der Waals surface area (Å²) in [6.07, 6.45) is -0.718. The lowest BCUT2D eigenvalue weighted by molar-refractivity contribution is 0.180. The van der Waals surface area contributed by atoms with Crippen LogP contribution in [-0.4, -0.2) is 16.9 Å². The van der Waals surface area contributed by atoms with Crippen molar-refractivity contribution in [2.45, 2.75) is 39.5 Å². The highest BCUT2D eigenvalue weighted by molar-refractivity contribution is 5.13. The Labute approximate surface area is 67.6 Å². The van der Waals surface area contributed by atoms with Gasteiger partial charge in [0.25, 0.3) is 0 Å². The first kappa shape index (κ1) is 10.4. The van der Waals surface area contributed by atoms with E-state index in [4.69, 9.17) is 5.11 Å². The maximum atomic E-state index is 12.7. The molecule has 0 saturated carbocycles. The van der Waals surface area contributed by atoms with Gasteiger partial charge in [-0.3, -0.25) is 0 Å². The fourth-order valence-electron chi connectivity index (χ4n) is 0.412. The molecule has 1 atom stereocenters. The monoisotopic (exact) mass is 158 g/mol. The van der Waals surface area contributed by atoms with Gasteiger partial charge in [-0.25, -0.2) is 4.39 Å². The lowest BCUT2D eigenvalue weighted by atomic mass is 10.1. The van der Waals surface area contributed by atoms with Crippen molar-refractivity contribution < 1.29 is 9.50 Å². The van der Waals surface area contributed by atoms with Gasteiger partial charge in [0.2, 0.25) is 0 Å². The zero-order valence-corrected chi connectivity index (χ0v) is 7.48. The van der Waals surface area contributed by atoms with Crippen molar-refractivity contribution in [3.63, 3.8) is 0 Å². The molecule has 0 aliphatic heterocycles. The third-order valence-electron chi connectivity index (χ3n) is 1.15. The number of halogens is 1. The van der Waals surface area contributed by atoms with E-state index in [1.807, 2.05) is 13.8 Å². The number of rotatable bonds is 1. The average Bonchev–Trinajstić information content (AvgIpc) is 1.80. The van der Waals surface area contributed by atoms with E-state index in [0.717, 1.165) is 0 Å². The third kappa shape index (κ3) is 5.87. The van der Waals surface area contributed by atoms with Crippen molar-refractivity contribution in [2.24, 2.45) is 5.92 Å². The molecule has 0 aromatic heterocycles. The minimum atomic E-state index is -1.50. The quantitative estimate of drug-likeness (QED) is 0.576. The molecule has 0 bridgehead atoms. The van der Waals surface area contributed by atoms with Gasteiger partial charge < -0.3 is 5.11 Å². The van der Waals surface area contributed by atoms with Crippen LogP contribution in [0.1, 0.15) is 27.7 Å². The van der Waals surface area contributed by atoms with Crippen molar-refractivity contribution in [3.05, 3.63) is 0 Å². The maximum absolute atomic E-state index is 12.7. The number of alkyl halides is 1. The molecule has 11 heavy (non-hydrogen) atoms. The first-order chi connectivity index (χ1) is 4.83. The van der Waals surface area contributed by atoms with Crippen molar-refractivity contribution >= 4 is 0 Å². The van der Waals surface area contributed by atoms with Crippen LogP contribution in [-0.2, 0) is 0 Å². The fourth-order valence-corrected chi connectivity index (χ4v) is 0.412. The molecule has 0 heterocycles.